The van der Waals surface area contributed by atoms with E-state index in [0.29, 0.717) is 12.4 Å². The zero-order valence-electron chi connectivity index (χ0n) is 12.9. The van der Waals surface area contributed by atoms with E-state index in [0.717, 1.165) is 5.69 Å². The lowest BCUT2D eigenvalue weighted by Crippen LogP contribution is -2.32. The molecule has 2 rings (SSSR count). The van der Waals surface area contributed by atoms with Gasteiger partial charge < -0.3 is 24.3 Å². The van der Waals surface area contributed by atoms with Gasteiger partial charge >= 0.3 is 6.09 Å². The van der Waals surface area contributed by atoms with Crippen LogP contribution in [0.15, 0.2) is 22.9 Å². The molecule has 0 radical (unpaired) electrons. The van der Waals surface area contributed by atoms with E-state index in [1.54, 1.807) is 20.8 Å². The summed E-state index contributed by atoms with van der Waals surface area (Å²) in [6.45, 7) is 5.91. The lowest BCUT2D eigenvalue weighted by molar-refractivity contribution is 0.0518. The molecule has 0 saturated carbocycles. The molecule has 22 heavy (non-hydrogen) atoms. The molecule has 120 valence electrons. The Balaban J connectivity index is 1.97. The van der Waals surface area contributed by atoms with Crippen LogP contribution in [0.1, 0.15) is 26.7 Å². The van der Waals surface area contributed by atoms with Crippen molar-refractivity contribution in [2.75, 3.05) is 6.61 Å². The number of amides is 1. The van der Waals surface area contributed by atoms with Gasteiger partial charge in [0.15, 0.2) is 0 Å². The van der Waals surface area contributed by atoms with Crippen LogP contribution in [0.5, 0.6) is 0 Å². The Morgan fingerprint density at radius 3 is 2.95 bits per heavy atom. The molecule has 0 fully saturated rings. The maximum absolute atomic E-state index is 11.6. The average molecular weight is 308 g/mol. The molecule has 2 heterocycles. The number of aromatic nitrogens is 3. The molecule has 0 unspecified atom stereocenters. The van der Waals surface area contributed by atoms with E-state index in [1.807, 2.05) is 22.9 Å². The molecule has 0 bridgehead atoms. The molecule has 0 aromatic carbocycles. The first-order valence-electron chi connectivity index (χ1n) is 6.95. The Bertz CT molecular complexity index is 627. The number of rotatable bonds is 5. The molecule has 2 aromatic heterocycles. The minimum Gasteiger partial charge on any atom is -0.444 e. The molecule has 0 aliphatic rings. The normalized spacial score (nSPS) is 11.5. The zero-order valence-corrected chi connectivity index (χ0v) is 12.9. The molecule has 0 aliphatic heterocycles. The van der Waals surface area contributed by atoms with Gasteiger partial charge in [-0.05, 0) is 32.9 Å². The van der Waals surface area contributed by atoms with Crippen LogP contribution in [0.4, 0.5) is 4.79 Å². The van der Waals surface area contributed by atoms with E-state index in [1.165, 1.54) is 0 Å². The molecule has 8 heteroatoms. The molecule has 0 spiro atoms. The van der Waals surface area contributed by atoms with Crippen molar-refractivity contribution in [2.45, 2.75) is 39.5 Å². The van der Waals surface area contributed by atoms with Gasteiger partial charge in [0.05, 0.1) is 12.3 Å². The summed E-state index contributed by atoms with van der Waals surface area (Å²) in [6, 6.07) is 3.66. The number of aliphatic hydroxyl groups is 1. The molecule has 1 amide bonds. The molecule has 8 nitrogen and oxygen atoms in total. The van der Waals surface area contributed by atoms with Crippen molar-refractivity contribution in [1.82, 2.24) is 20.0 Å². The molecule has 0 aliphatic carbocycles. The number of ether oxygens (including phenoxy) is 1. The summed E-state index contributed by atoms with van der Waals surface area (Å²) in [5.41, 5.74) is 0.177. The van der Waals surface area contributed by atoms with E-state index in [4.69, 9.17) is 14.4 Å². The minimum absolute atomic E-state index is 0.0204. The lowest BCUT2D eigenvalue weighted by Gasteiger charge is -2.19. The SMILES string of the molecule is CC(C)(C)OC(=O)NCc1nc(-c2cccn2CCO)no1. The third kappa shape index (κ3) is 4.32. The van der Waals surface area contributed by atoms with Crippen molar-refractivity contribution < 1.29 is 19.2 Å². The number of carbonyl (C=O) groups excluding carboxylic acids is 1. The smallest absolute Gasteiger partial charge is 0.408 e. The predicted octanol–water partition coefficient (Wildman–Crippen LogP) is 1.56. The average Bonchev–Trinajstić information content (AvgIpc) is 3.03. The molecule has 0 atom stereocenters. The fourth-order valence-electron chi connectivity index (χ4n) is 1.81. The van der Waals surface area contributed by atoms with Gasteiger partial charge in [-0.3, -0.25) is 0 Å². The summed E-state index contributed by atoms with van der Waals surface area (Å²) in [7, 11) is 0. The number of aliphatic hydroxyl groups excluding tert-OH is 1. The standard InChI is InChI=1S/C14H20N4O4/c1-14(2,3)21-13(20)15-9-11-16-12(17-22-11)10-5-4-6-18(10)7-8-19/h4-6,19H,7-9H2,1-3H3,(H,15,20). The van der Waals surface area contributed by atoms with Crippen molar-refractivity contribution in [3.8, 4) is 11.5 Å². The van der Waals surface area contributed by atoms with Gasteiger partial charge in [-0.2, -0.15) is 4.98 Å². The Kier molecular flexibility index (Phi) is 4.81. The van der Waals surface area contributed by atoms with Gasteiger partial charge in [-0.15, -0.1) is 0 Å². The highest BCUT2D eigenvalue weighted by Crippen LogP contribution is 2.16. The van der Waals surface area contributed by atoms with Crippen molar-refractivity contribution in [2.24, 2.45) is 0 Å². The van der Waals surface area contributed by atoms with Gasteiger partial charge in [0, 0.05) is 12.7 Å². The van der Waals surface area contributed by atoms with Crippen molar-refractivity contribution in [3.05, 3.63) is 24.2 Å². The third-order valence-corrected chi connectivity index (χ3v) is 2.65. The molecule has 2 N–H and O–H groups in total. The van der Waals surface area contributed by atoms with Crippen LogP contribution < -0.4 is 5.32 Å². The second-order valence-corrected chi connectivity index (χ2v) is 5.68. The number of hydrogen-bond donors (Lipinski definition) is 2. The van der Waals surface area contributed by atoms with Gasteiger partial charge in [0.25, 0.3) is 0 Å². The van der Waals surface area contributed by atoms with Crippen LogP contribution >= 0.6 is 0 Å². The van der Waals surface area contributed by atoms with Crippen molar-refractivity contribution in [3.63, 3.8) is 0 Å². The number of nitrogens with one attached hydrogen (secondary N) is 1. The first-order chi connectivity index (χ1) is 10.4. The summed E-state index contributed by atoms with van der Waals surface area (Å²) in [5, 5.41) is 15.4. The van der Waals surface area contributed by atoms with Crippen LogP contribution in [0.25, 0.3) is 11.5 Å². The number of carbonyl (C=O) groups is 1. The summed E-state index contributed by atoms with van der Waals surface area (Å²) >= 11 is 0. The van der Waals surface area contributed by atoms with Gasteiger partial charge in [-0.25, -0.2) is 4.79 Å². The summed E-state index contributed by atoms with van der Waals surface area (Å²) < 4.78 is 12.0. The maximum Gasteiger partial charge on any atom is 0.408 e. The van der Waals surface area contributed by atoms with Gasteiger partial charge in [0.1, 0.15) is 12.1 Å². The van der Waals surface area contributed by atoms with Crippen molar-refractivity contribution in [1.29, 1.82) is 0 Å². The number of alkyl carbamates (subject to hydrolysis) is 1. The largest absolute Gasteiger partial charge is 0.444 e. The first kappa shape index (κ1) is 16.0. The number of hydrogen-bond acceptors (Lipinski definition) is 6. The summed E-state index contributed by atoms with van der Waals surface area (Å²) in [4.78, 5) is 15.8. The van der Waals surface area contributed by atoms with Crippen LogP contribution in [0.2, 0.25) is 0 Å². The van der Waals surface area contributed by atoms with E-state index in [2.05, 4.69) is 15.5 Å². The topological polar surface area (TPSA) is 102 Å². The first-order valence-corrected chi connectivity index (χ1v) is 6.95. The molecule has 0 saturated heterocycles. The third-order valence-electron chi connectivity index (χ3n) is 2.65. The summed E-state index contributed by atoms with van der Waals surface area (Å²) in [6.07, 6.45) is 1.27. The van der Waals surface area contributed by atoms with Crippen LogP contribution in [-0.4, -0.2) is 38.1 Å². The Morgan fingerprint density at radius 1 is 1.50 bits per heavy atom. The Labute approximate surface area is 128 Å². The second-order valence-electron chi connectivity index (χ2n) is 5.68. The highest BCUT2D eigenvalue weighted by atomic mass is 16.6. The van der Waals surface area contributed by atoms with Crippen LogP contribution in [0.3, 0.4) is 0 Å². The van der Waals surface area contributed by atoms with E-state index < -0.39 is 11.7 Å². The predicted molar refractivity (Wildman–Crippen MR) is 77.9 cm³/mol. The highest BCUT2D eigenvalue weighted by molar-refractivity contribution is 5.67. The van der Waals surface area contributed by atoms with Crippen LogP contribution in [0, 0.1) is 0 Å². The second kappa shape index (κ2) is 6.61. The van der Waals surface area contributed by atoms with E-state index in [9.17, 15) is 4.79 Å². The minimum atomic E-state index is -0.560. The fraction of sp³-hybridized carbons (Fsp3) is 0.500. The molecule has 2 aromatic rings. The molecular weight excluding hydrogens is 288 g/mol. The molecular formula is C14H20N4O4. The zero-order chi connectivity index (χ0) is 16.2. The van der Waals surface area contributed by atoms with Gasteiger partial charge in [-0.1, -0.05) is 5.16 Å². The monoisotopic (exact) mass is 308 g/mol. The van der Waals surface area contributed by atoms with Crippen LogP contribution in [-0.2, 0) is 17.8 Å². The van der Waals surface area contributed by atoms with E-state index >= 15 is 0 Å². The van der Waals surface area contributed by atoms with Gasteiger partial charge in [0.2, 0.25) is 11.7 Å². The Morgan fingerprint density at radius 2 is 2.27 bits per heavy atom. The highest BCUT2D eigenvalue weighted by Gasteiger charge is 2.17. The fourth-order valence-corrected chi connectivity index (χ4v) is 1.81. The maximum atomic E-state index is 11.6. The van der Waals surface area contributed by atoms with Crippen molar-refractivity contribution >= 4 is 6.09 Å². The number of nitrogens with zero attached hydrogens (tertiary/aromatic N) is 3. The summed E-state index contributed by atoms with van der Waals surface area (Å²) in [5.74, 6) is 0.678. The van der Waals surface area contributed by atoms with E-state index in [-0.39, 0.29) is 19.0 Å². The quantitative estimate of drug-likeness (QED) is 0.869. The lowest BCUT2D eigenvalue weighted by atomic mass is 10.2. The Hall–Kier alpha value is -2.35.